The monoisotopic (exact) mass is 1380 g/mol. The molecule has 19 heteroatoms. The van der Waals surface area contributed by atoms with Crippen LogP contribution in [0.4, 0.5) is 0 Å². The summed E-state index contributed by atoms with van der Waals surface area (Å²) in [6, 6.07) is 0. The first-order valence-electron chi connectivity index (χ1n) is 39.0. The molecule has 0 spiro atoms. The molecule has 0 saturated carbocycles. The molecule has 0 rings (SSSR count). The number of unbranched alkanes of at least 4 members (excludes halogenated alkanes) is 43. The Bertz CT molecular complexity index is 1820. The number of aliphatic hydroxyl groups is 1. The molecule has 6 atom stereocenters. The van der Waals surface area contributed by atoms with Crippen LogP contribution in [0, 0.1) is 11.8 Å². The zero-order chi connectivity index (χ0) is 69.3. The van der Waals surface area contributed by atoms with Crippen LogP contribution in [-0.2, 0) is 65.4 Å². The third kappa shape index (κ3) is 67.3. The minimum atomic E-state index is -4.96. The maximum absolute atomic E-state index is 13.1. The van der Waals surface area contributed by atoms with Crippen molar-refractivity contribution in [3.05, 3.63) is 0 Å². The molecule has 0 amide bonds. The van der Waals surface area contributed by atoms with Gasteiger partial charge in [-0.3, -0.25) is 37.3 Å². The van der Waals surface area contributed by atoms with E-state index in [0.29, 0.717) is 25.7 Å². The Morgan fingerprint density at radius 3 is 0.809 bits per heavy atom. The van der Waals surface area contributed by atoms with E-state index < -0.39 is 97.5 Å². The van der Waals surface area contributed by atoms with Gasteiger partial charge in [0.1, 0.15) is 19.3 Å². The van der Waals surface area contributed by atoms with Crippen molar-refractivity contribution in [2.24, 2.45) is 11.8 Å². The van der Waals surface area contributed by atoms with E-state index in [0.717, 1.165) is 102 Å². The molecule has 0 saturated heterocycles. The molecule has 0 aromatic rings. The van der Waals surface area contributed by atoms with Gasteiger partial charge in [0, 0.05) is 25.7 Å². The van der Waals surface area contributed by atoms with Crippen LogP contribution in [0.5, 0.6) is 0 Å². The first-order valence-corrected chi connectivity index (χ1v) is 42.0. The minimum Gasteiger partial charge on any atom is -0.462 e. The molecule has 0 fully saturated rings. The predicted molar refractivity (Wildman–Crippen MR) is 381 cm³/mol. The van der Waals surface area contributed by atoms with Gasteiger partial charge in [-0.15, -0.1) is 0 Å². The molecule has 0 aliphatic heterocycles. The summed E-state index contributed by atoms with van der Waals surface area (Å²) in [6.07, 6.45) is 53.9. The number of carbonyl (C=O) groups excluding carboxylic acids is 4. The van der Waals surface area contributed by atoms with E-state index in [1.54, 1.807) is 0 Å². The second-order valence-electron chi connectivity index (χ2n) is 27.8. The molecule has 558 valence electrons. The number of esters is 4. The van der Waals surface area contributed by atoms with E-state index in [1.165, 1.54) is 205 Å². The Morgan fingerprint density at radius 1 is 0.309 bits per heavy atom. The third-order valence-corrected chi connectivity index (χ3v) is 19.7. The van der Waals surface area contributed by atoms with Crippen LogP contribution in [0.1, 0.15) is 388 Å². The van der Waals surface area contributed by atoms with Gasteiger partial charge in [-0.25, -0.2) is 9.13 Å². The predicted octanol–water partition coefficient (Wildman–Crippen LogP) is 21.9. The molecule has 0 bridgehead atoms. The van der Waals surface area contributed by atoms with E-state index in [-0.39, 0.29) is 25.7 Å². The number of rotatable bonds is 74. The molecule has 3 N–H and O–H groups in total. The summed E-state index contributed by atoms with van der Waals surface area (Å²) in [5.41, 5.74) is 0. The van der Waals surface area contributed by atoms with Crippen molar-refractivity contribution in [2.75, 3.05) is 39.6 Å². The Hall–Kier alpha value is -1.94. The molecular formula is C75H146O17P2. The molecule has 0 aliphatic rings. The van der Waals surface area contributed by atoms with Crippen LogP contribution in [0.25, 0.3) is 0 Å². The smallest absolute Gasteiger partial charge is 0.462 e. The number of phosphoric acid groups is 2. The average Bonchev–Trinajstić information content (AvgIpc) is 1.32. The second kappa shape index (κ2) is 66.9. The van der Waals surface area contributed by atoms with Gasteiger partial charge in [0.15, 0.2) is 12.2 Å². The molecule has 0 aromatic carbocycles. The highest BCUT2D eigenvalue weighted by Crippen LogP contribution is 2.45. The first kappa shape index (κ1) is 92.1. The van der Waals surface area contributed by atoms with Crippen LogP contribution < -0.4 is 0 Å². The summed E-state index contributed by atoms with van der Waals surface area (Å²) >= 11 is 0. The Balaban J connectivity index is 5.23. The van der Waals surface area contributed by atoms with E-state index in [4.69, 9.17) is 37.0 Å². The third-order valence-electron chi connectivity index (χ3n) is 17.8. The van der Waals surface area contributed by atoms with E-state index in [2.05, 4.69) is 41.5 Å². The highest BCUT2D eigenvalue weighted by atomic mass is 31.2. The van der Waals surface area contributed by atoms with Gasteiger partial charge in [0.25, 0.3) is 0 Å². The van der Waals surface area contributed by atoms with E-state index in [1.807, 2.05) is 0 Å². The van der Waals surface area contributed by atoms with E-state index >= 15 is 0 Å². The normalized spacial score (nSPS) is 14.3. The summed E-state index contributed by atoms with van der Waals surface area (Å²) < 4.78 is 68.5. The standard InChI is InChI=1S/C75H146O17P2/c1-7-10-12-14-16-18-19-23-27-35-41-47-53-59-74(79)91-70(63-85-72(77)57-51-45-39-31-17-15-13-11-8-2)65-89-93(81,82)87-61-69(76)62-88-94(83,84)90-66-71(64-86-73(78)58-52-46-40-34-30-29-33-38-44-50-56-68(6)9-3)92-75(80)60-54-48-42-36-28-25-22-20-21-24-26-32-37-43-49-55-67(4)5/h67-71,76H,7-66H2,1-6H3,(H,81,82)(H,83,84)/t68?,69-,70+,71+/m0/s1. The molecule has 0 radical (unpaired) electrons. The topological polar surface area (TPSA) is 237 Å². The number of aliphatic hydroxyl groups excluding tert-OH is 1. The lowest BCUT2D eigenvalue weighted by Gasteiger charge is -2.21. The van der Waals surface area contributed by atoms with Crippen molar-refractivity contribution in [1.82, 2.24) is 0 Å². The summed E-state index contributed by atoms with van der Waals surface area (Å²) in [5, 5.41) is 10.6. The van der Waals surface area contributed by atoms with Gasteiger partial charge in [-0.1, -0.05) is 337 Å². The second-order valence-corrected chi connectivity index (χ2v) is 30.7. The fourth-order valence-corrected chi connectivity index (χ4v) is 13.0. The summed E-state index contributed by atoms with van der Waals surface area (Å²) in [4.78, 5) is 72.7. The number of hydrogen-bond donors (Lipinski definition) is 3. The lowest BCUT2D eigenvalue weighted by atomic mass is 9.99. The number of ether oxygens (including phenoxy) is 4. The van der Waals surface area contributed by atoms with Crippen molar-refractivity contribution < 1.29 is 80.2 Å². The Labute approximate surface area is 575 Å². The van der Waals surface area contributed by atoms with Crippen molar-refractivity contribution in [2.45, 2.75) is 407 Å². The van der Waals surface area contributed by atoms with Crippen LogP contribution >= 0.6 is 15.6 Å². The molecule has 0 aromatic heterocycles. The largest absolute Gasteiger partial charge is 0.472 e. The van der Waals surface area contributed by atoms with Crippen molar-refractivity contribution >= 4 is 39.5 Å². The van der Waals surface area contributed by atoms with Gasteiger partial charge < -0.3 is 33.8 Å². The summed E-state index contributed by atoms with van der Waals surface area (Å²) in [7, 11) is -9.91. The average molecular weight is 1380 g/mol. The highest BCUT2D eigenvalue weighted by molar-refractivity contribution is 7.47. The summed E-state index contributed by atoms with van der Waals surface area (Å²) in [5.74, 6) is -0.504. The van der Waals surface area contributed by atoms with Gasteiger partial charge in [-0.2, -0.15) is 0 Å². The maximum atomic E-state index is 13.1. The zero-order valence-corrected chi connectivity index (χ0v) is 63.1. The fraction of sp³-hybridized carbons (Fsp3) is 0.947. The minimum absolute atomic E-state index is 0.108. The lowest BCUT2D eigenvalue weighted by molar-refractivity contribution is -0.161. The molecular weight excluding hydrogens is 1230 g/mol. The van der Waals surface area contributed by atoms with E-state index in [9.17, 15) is 43.2 Å². The van der Waals surface area contributed by atoms with Crippen molar-refractivity contribution in [1.29, 1.82) is 0 Å². The molecule has 3 unspecified atom stereocenters. The molecule has 0 aliphatic carbocycles. The quantitative estimate of drug-likeness (QED) is 0.0222. The van der Waals surface area contributed by atoms with Crippen LogP contribution in [0.15, 0.2) is 0 Å². The number of hydrogen-bond acceptors (Lipinski definition) is 15. The SMILES string of the molecule is CCCCCCCCCCCCCCCC(=O)O[C@H](COC(=O)CCCCCCCCCCC)COP(=O)(O)OC[C@H](O)COP(=O)(O)OC[C@@H](COC(=O)CCCCCCCCCCCCC(C)CC)OC(=O)CCCCCCCCCCCCCCCCCC(C)C. The number of phosphoric ester groups is 2. The van der Waals surface area contributed by atoms with Crippen molar-refractivity contribution in [3.63, 3.8) is 0 Å². The molecule has 0 heterocycles. The number of carbonyl (C=O) groups is 4. The lowest BCUT2D eigenvalue weighted by Crippen LogP contribution is -2.30. The fourth-order valence-electron chi connectivity index (χ4n) is 11.4. The molecule has 94 heavy (non-hydrogen) atoms. The highest BCUT2D eigenvalue weighted by Gasteiger charge is 2.30. The van der Waals surface area contributed by atoms with Gasteiger partial charge in [-0.05, 0) is 37.5 Å². The van der Waals surface area contributed by atoms with Crippen LogP contribution in [0.3, 0.4) is 0 Å². The van der Waals surface area contributed by atoms with Crippen LogP contribution in [0.2, 0.25) is 0 Å². The van der Waals surface area contributed by atoms with Crippen molar-refractivity contribution in [3.8, 4) is 0 Å². The van der Waals surface area contributed by atoms with Gasteiger partial charge in [0.05, 0.1) is 26.4 Å². The maximum Gasteiger partial charge on any atom is 0.472 e. The Morgan fingerprint density at radius 2 is 0.543 bits per heavy atom. The van der Waals surface area contributed by atoms with Gasteiger partial charge in [0.2, 0.25) is 0 Å². The van der Waals surface area contributed by atoms with Crippen LogP contribution in [-0.4, -0.2) is 96.7 Å². The summed E-state index contributed by atoms with van der Waals surface area (Å²) in [6.45, 7) is 9.63. The first-order chi connectivity index (χ1) is 45.4. The molecule has 17 nitrogen and oxygen atoms in total. The zero-order valence-electron chi connectivity index (χ0n) is 61.3. The van der Waals surface area contributed by atoms with Gasteiger partial charge >= 0.3 is 39.5 Å². The Kier molecular flexibility index (Phi) is 65.5.